The molecular formula is C19H24N2O5S. The minimum atomic E-state index is -0.478. The van der Waals surface area contributed by atoms with Crippen molar-refractivity contribution in [1.29, 1.82) is 0 Å². The van der Waals surface area contributed by atoms with Crippen LogP contribution >= 0.6 is 11.3 Å². The summed E-state index contributed by atoms with van der Waals surface area (Å²) < 4.78 is 16.3. The number of nitrogens with zero attached hydrogens (tertiary/aromatic N) is 1. The molecule has 0 aliphatic carbocycles. The summed E-state index contributed by atoms with van der Waals surface area (Å²) in [7, 11) is 0. The van der Waals surface area contributed by atoms with E-state index in [0.717, 1.165) is 0 Å². The fraction of sp³-hybridized carbons (Fsp3) is 0.474. The van der Waals surface area contributed by atoms with Gasteiger partial charge in [-0.1, -0.05) is 0 Å². The number of nitrogens with one attached hydrogen (secondary N) is 1. The van der Waals surface area contributed by atoms with Gasteiger partial charge in [-0.3, -0.25) is 9.69 Å². The lowest BCUT2D eigenvalue weighted by Crippen LogP contribution is -2.48. The number of carbonyl (C=O) groups excluding carboxylic acids is 2. The average Bonchev–Trinajstić information content (AvgIpc) is 3.23. The standard InChI is InChI=1S/C19H24N2O5S/c1-4-24-19(23)17-14(15-6-5-7-25-15)11-27-18(17)20-16(22)10-21-8-12(2)26-13(3)9-21/h5-7,11-13H,4,8-10H2,1-3H3,(H,20,22)/t12-,13-/m0/s1. The van der Waals surface area contributed by atoms with E-state index in [4.69, 9.17) is 13.9 Å². The third-order valence-electron chi connectivity index (χ3n) is 4.17. The highest BCUT2D eigenvalue weighted by atomic mass is 32.1. The molecule has 3 heterocycles. The maximum absolute atomic E-state index is 12.6. The highest BCUT2D eigenvalue weighted by molar-refractivity contribution is 7.15. The van der Waals surface area contributed by atoms with Crippen LogP contribution in [0, 0.1) is 0 Å². The first-order valence-corrected chi connectivity index (χ1v) is 9.86. The second-order valence-electron chi connectivity index (χ2n) is 6.55. The Hall–Kier alpha value is -2.16. The number of morpholine rings is 1. The third kappa shape index (κ3) is 4.77. The number of hydrogen-bond donors (Lipinski definition) is 1. The first-order valence-electron chi connectivity index (χ1n) is 8.98. The Labute approximate surface area is 162 Å². The SMILES string of the molecule is CCOC(=O)c1c(-c2ccco2)csc1NC(=O)CN1C[C@H](C)O[C@@H](C)C1. The lowest BCUT2D eigenvalue weighted by Gasteiger charge is -2.34. The van der Waals surface area contributed by atoms with Gasteiger partial charge in [0.1, 0.15) is 16.3 Å². The lowest BCUT2D eigenvalue weighted by molar-refractivity contribution is -0.121. The van der Waals surface area contributed by atoms with Gasteiger partial charge in [0.2, 0.25) is 5.91 Å². The fourth-order valence-electron chi connectivity index (χ4n) is 3.25. The molecular weight excluding hydrogens is 368 g/mol. The molecule has 0 aromatic carbocycles. The number of esters is 1. The Morgan fingerprint density at radius 2 is 2.07 bits per heavy atom. The normalized spacial score (nSPS) is 20.4. The van der Waals surface area contributed by atoms with E-state index in [1.807, 2.05) is 13.8 Å². The molecule has 27 heavy (non-hydrogen) atoms. The molecule has 0 bridgehead atoms. The van der Waals surface area contributed by atoms with Crippen LogP contribution in [0.3, 0.4) is 0 Å². The molecule has 2 aromatic heterocycles. The van der Waals surface area contributed by atoms with Crippen molar-refractivity contribution in [3.63, 3.8) is 0 Å². The van der Waals surface area contributed by atoms with Crippen molar-refractivity contribution in [1.82, 2.24) is 4.90 Å². The first-order chi connectivity index (χ1) is 13.0. The number of carbonyl (C=O) groups is 2. The topological polar surface area (TPSA) is 81.0 Å². The molecule has 1 N–H and O–H groups in total. The summed E-state index contributed by atoms with van der Waals surface area (Å²) in [6.45, 7) is 7.63. The Balaban J connectivity index is 1.76. The van der Waals surface area contributed by atoms with Gasteiger partial charge < -0.3 is 19.2 Å². The third-order valence-corrected chi connectivity index (χ3v) is 5.07. The van der Waals surface area contributed by atoms with Crippen LogP contribution in [0.5, 0.6) is 0 Å². The van der Waals surface area contributed by atoms with E-state index in [1.165, 1.54) is 11.3 Å². The molecule has 1 amide bonds. The zero-order chi connectivity index (χ0) is 19.4. The van der Waals surface area contributed by atoms with Crippen LogP contribution < -0.4 is 5.32 Å². The summed E-state index contributed by atoms with van der Waals surface area (Å²) >= 11 is 1.28. The largest absolute Gasteiger partial charge is 0.464 e. The van der Waals surface area contributed by atoms with Crippen molar-refractivity contribution in [3.05, 3.63) is 29.3 Å². The molecule has 2 atom stereocenters. The Morgan fingerprint density at radius 1 is 1.33 bits per heavy atom. The number of furan rings is 1. The van der Waals surface area contributed by atoms with Gasteiger partial charge in [0.05, 0.1) is 31.6 Å². The number of anilines is 1. The van der Waals surface area contributed by atoms with E-state index < -0.39 is 5.97 Å². The number of hydrogen-bond acceptors (Lipinski definition) is 7. The van der Waals surface area contributed by atoms with Crippen LogP contribution in [-0.4, -0.2) is 55.2 Å². The maximum atomic E-state index is 12.6. The molecule has 7 nitrogen and oxygen atoms in total. The Morgan fingerprint density at radius 3 is 2.70 bits per heavy atom. The molecule has 1 fully saturated rings. The summed E-state index contributed by atoms with van der Waals surface area (Å²) in [5, 5.41) is 5.13. The van der Waals surface area contributed by atoms with Gasteiger partial charge in [-0.15, -0.1) is 11.3 Å². The van der Waals surface area contributed by atoms with Gasteiger partial charge in [-0.2, -0.15) is 0 Å². The van der Waals surface area contributed by atoms with E-state index >= 15 is 0 Å². The highest BCUT2D eigenvalue weighted by Gasteiger charge is 2.26. The smallest absolute Gasteiger partial charge is 0.341 e. The molecule has 2 aromatic rings. The minimum Gasteiger partial charge on any atom is -0.464 e. The monoisotopic (exact) mass is 392 g/mol. The molecule has 146 valence electrons. The highest BCUT2D eigenvalue weighted by Crippen LogP contribution is 2.36. The summed E-state index contributed by atoms with van der Waals surface area (Å²) in [6, 6.07) is 3.52. The van der Waals surface area contributed by atoms with E-state index in [0.29, 0.717) is 35.0 Å². The molecule has 0 radical (unpaired) electrons. The fourth-order valence-corrected chi connectivity index (χ4v) is 4.21. The van der Waals surface area contributed by atoms with E-state index in [1.54, 1.807) is 30.7 Å². The molecule has 1 aliphatic heterocycles. The molecule has 3 rings (SSSR count). The van der Waals surface area contributed by atoms with Crippen molar-refractivity contribution in [2.75, 3.05) is 31.6 Å². The van der Waals surface area contributed by atoms with Crippen LogP contribution in [0.2, 0.25) is 0 Å². The second-order valence-corrected chi connectivity index (χ2v) is 7.43. The number of ether oxygens (including phenoxy) is 2. The van der Waals surface area contributed by atoms with Crippen molar-refractivity contribution in [3.8, 4) is 11.3 Å². The molecule has 0 saturated carbocycles. The maximum Gasteiger partial charge on any atom is 0.341 e. The van der Waals surface area contributed by atoms with Gasteiger partial charge >= 0.3 is 5.97 Å². The number of rotatable bonds is 6. The van der Waals surface area contributed by atoms with Gasteiger partial charge in [0.15, 0.2) is 0 Å². The predicted molar refractivity (Wildman–Crippen MR) is 103 cm³/mol. The number of amides is 1. The molecule has 1 saturated heterocycles. The lowest BCUT2D eigenvalue weighted by atomic mass is 10.1. The summed E-state index contributed by atoms with van der Waals surface area (Å²) in [5.74, 6) is -0.0885. The zero-order valence-corrected chi connectivity index (χ0v) is 16.5. The quantitative estimate of drug-likeness (QED) is 0.760. The zero-order valence-electron chi connectivity index (χ0n) is 15.7. The first kappa shape index (κ1) is 19.6. The van der Waals surface area contributed by atoms with Crippen molar-refractivity contribution in [2.45, 2.75) is 33.0 Å². The minimum absolute atomic E-state index is 0.0870. The van der Waals surface area contributed by atoms with Gasteiger partial charge in [-0.25, -0.2) is 4.79 Å². The van der Waals surface area contributed by atoms with Gasteiger partial charge in [-0.05, 0) is 32.9 Å². The molecule has 0 spiro atoms. The second kappa shape index (κ2) is 8.69. The summed E-state index contributed by atoms with van der Waals surface area (Å²) in [4.78, 5) is 27.1. The van der Waals surface area contributed by atoms with Crippen molar-refractivity contribution in [2.24, 2.45) is 0 Å². The van der Waals surface area contributed by atoms with Crippen LogP contribution in [0.15, 0.2) is 28.2 Å². The van der Waals surface area contributed by atoms with Gasteiger partial charge in [0, 0.05) is 24.0 Å². The van der Waals surface area contributed by atoms with Gasteiger partial charge in [0.25, 0.3) is 0 Å². The Bertz CT molecular complexity index is 776. The van der Waals surface area contributed by atoms with Crippen LogP contribution in [0.25, 0.3) is 11.3 Å². The molecule has 0 unspecified atom stereocenters. The summed E-state index contributed by atoms with van der Waals surface area (Å²) in [6.07, 6.45) is 1.72. The summed E-state index contributed by atoms with van der Waals surface area (Å²) in [5.41, 5.74) is 0.946. The van der Waals surface area contributed by atoms with E-state index in [2.05, 4.69) is 10.2 Å². The van der Waals surface area contributed by atoms with Crippen LogP contribution in [0.1, 0.15) is 31.1 Å². The van der Waals surface area contributed by atoms with E-state index in [-0.39, 0.29) is 31.3 Å². The van der Waals surface area contributed by atoms with Crippen LogP contribution in [0.4, 0.5) is 5.00 Å². The van der Waals surface area contributed by atoms with Crippen LogP contribution in [-0.2, 0) is 14.3 Å². The molecule has 1 aliphatic rings. The van der Waals surface area contributed by atoms with E-state index in [9.17, 15) is 9.59 Å². The number of thiophene rings is 1. The molecule has 8 heteroatoms. The average molecular weight is 392 g/mol. The van der Waals surface area contributed by atoms with Crippen molar-refractivity contribution >= 4 is 28.2 Å². The predicted octanol–water partition coefficient (Wildman–Crippen LogP) is 3.23. The van der Waals surface area contributed by atoms with Crippen molar-refractivity contribution < 1.29 is 23.5 Å². The Kier molecular flexibility index (Phi) is 6.30.